The van der Waals surface area contributed by atoms with Crippen molar-refractivity contribution in [3.63, 3.8) is 0 Å². The van der Waals surface area contributed by atoms with Crippen molar-refractivity contribution >= 4 is 11.9 Å². The Kier molecular flexibility index (Phi) is 4.89. The molecule has 1 aromatic carbocycles. The normalized spacial score (nSPS) is 11.9. The lowest BCUT2D eigenvalue weighted by atomic mass is 10.0. The average molecular weight is 249 g/mol. The Hall–Kier alpha value is -1.84. The van der Waals surface area contributed by atoms with E-state index in [0.717, 1.165) is 11.1 Å². The smallest absolute Gasteiger partial charge is 0.305 e. The average Bonchev–Trinajstić information content (AvgIpc) is 2.27. The molecule has 98 valence electrons. The largest absolute Gasteiger partial charge is 0.481 e. The van der Waals surface area contributed by atoms with Crippen LogP contribution in [0.5, 0.6) is 0 Å². The highest BCUT2D eigenvalue weighted by Crippen LogP contribution is 2.11. The van der Waals surface area contributed by atoms with Crippen molar-refractivity contribution in [3.05, 3.63) is 34.9 Å². The highest BCUT2D eigenvalue weighted by Gasteiger charge is 2.16. The van der Waals surface area contributed by atoms with Crippen molar-refractivity contribution in [2.45, 2.75) is 39.7 Å². The number of carbonyl (C=O) groups is 2. The number of amides is 1. The van der Waals surface area contributed by atoms with E-state index in [1.54, 1.807) is 6.07 Å². The van der Waals surface area contributed by atoms with Crippen LogP contribution in [-0.2, 0) is 4.79 Å². The molecule has 1 unspecified atom stereocenters. The second-order valence-electron chi connectivity index (χ2n) is 4.49. The van der Waals surface area contributed by atoms with Crippen molar-refractivity contribution in [3.8, 4) is 0 Å². The summed E-state index contributed by atoms with van der Waals surface area (Å²) < 4.78 is 0. The monoisotopic (exact) mass is 249 g/mol. The predicted octanol–water partition coefficient (Wildman–Crippen LogP) is 2.29. The molecular formula is C14H19NO3. The van der Waals surface area contributed by atoms with E-state index in [-0.39, 0.29) is 18.4 Å². The van der Waals surface area contributed by atoms with Gasteiger partial charge in [-0.3, -0.25) is 9.59 Å². The van der Waals surface area contributed by atoms with Gasteiger partial charge >= 0.3 is 5.97 Å². The molecule has 0 saturated carbocycles. The van der Waals surface area contributed by atoms with E-state index >= 15 is 0 Å². The van der Waals surface area contributed by atoms with E-state index in [1.165, 1.54) is 0 Å². The molecule has 1 aromatic rings. The van der Waals surface area contributed by atoms with Crippen molar-refractivity contribution in [1.82, 2.24) is 5.32 Å². The van der Waals surface area contributed by atoms with Crippen LogP contribution in [0, 0.1) is 13.8 Å². The van der Waals surface area contributed by atoms with Crippen LogP contribution < -0.4 is 5.32 Å². The van der Waals surface area contributed by atoms with Crippen molar-refractivity contribution < 1.29 is 14.7 Å². The van der Waals surface area contributed by atoms with Gasteiger partial charge in [-0.2, -0.15) is 0 Å². The molecule has 2 N–H and O–H groups in total. The number of hydrogen-bond acceptors (Lipinski definition) is 2. The SMILES string of the molecule is CCC(CC(=O)O)NC(=O)c1ccc(C)cc1C. The summed E-state index contributed by atoms with van der Waals surface area (Å²) in [6.45, 7) is 5.70. The highest BCUT2D eigenvalue weighted by atomic mass is 16.4. The third-order valence-corrected chi connectivity index (χ3v) is 2.88. The van der Waals surface area contributed by atoms with Crippen LogP contribution in [0.4, 0.5) is 0 Å². The summed E-state index contributed by atoms with van der Waals surface area (Å²) in [4.78, 5) is 22.7. The van der Waals surface area contributed by atoms with Crippen LogP contribution in [0.15, 0.2) is 18.2 Å². The fourth-order valence-corrected chi connectivity index (χ4v) is 1.84. The molecule has 0 aromatic heterocycles. The van der Waals surface area contributed by atoms with Gasteiger partial charge in [0, 0.05) is 11.6 Å². The van der Waals surface area contributed by atoms with Gasteiger partial charge in [-0.1, -0.05) is 24.6 Å². The Morgan fingerprint density at radius 2 is 2.00 bits per heavy atom. The lowest BCUT2D eigenvalue weighted by molar-refractivity contribution is -0.137. The zero-order valence-electron chi connectivity index (χ0n) is 11.0. The molecule has 0 aliphatic rings. The van der Waals surface area contributed by atoms with Crippen LogP contribution in [0.25, 0.3) is 0 Å². The van der Waals surface area contributed by atoms with Gasteiger partial charge in [-0.05, 0) is 31.9 Å². The minimum absolute atomic E-state index is 0.0485. The summed E-state index contributed by atoms with van der Waals surface area (Å²) in [5.74, 6) is -1.11. The molecular weight excluding hydrogens is 230 g/mol. The topological polar surface area (TPSA) is 66.4 Å². The molecule has 0 fully saturated rings. The Bertz CT molecular complexity index is 454. The van der Waals surface area contributed by atoms with E-state index < -0.39 is 5.97 Å². The lowest BCUT2D eigenvalue weighted by Gasteiger charge is -2.16. The van der Waals surface area contributed by atoms with Gasteiger partial charge in [0.15, 0.2) is 0 Å². The van der Waals surface area contributed by atoms with Gasteiger partial charge in [0.2, 0.25) is 0 Å². The number of hydrogen-bond donors (Lipinski definition) is 2. The molecule has 1 amide bonds. The molecule has 0 radical (unpaired) electrons. The van der Waals surface area contributed by atoms with E-state index in [4.69, 9.17) is 5.11 Å². The fraction of sp³-hybridized carbons (Fsp3) is 0.429. The van der Waals surface area contributed by atoms with Crippen LogP contribution >= 0.6 is 0 Å². The van der Waals surface area contributed by atoms with E-state index in [1.807, 2.05) is 32.9 Å². The van der Waals surface area contributed by atoms with Gasteiger partial charge in [-0.15, -0.1) is 0 Å². The highest BCUT2D eigenvalue weighted by molar-refractivity contribution is 5.96. The molecule has 0 spiro atoms. The molecule has 0 saturated heterocycles. The summed E-state index contributed by atoms with van der Waals surface area (Å²) in [5, 5.41) is 11.5. The molecule has 0 aliphatic carbocycles. The summed E-state index contributed by atoms with van der Waals surface area (Å²) >= 11 is 0. The van der Waals surface area contributed by atoms with Gasteiger partial charge in [0.1, 0.15) is 0 Å². The molecule has 4 nitrogen and oxygen atoms in total. The Labute approximate surface area is 107 Å². The first-order valence-corrected chi connectivity index (χ1v) is 6.04. The maximum Gasteiger partial charge on any atom is 0.305 e. The Morgan fingerprint density at radius 1 is 1.33 bits per heavy atom. The van der Waals surface area contributed by atoms with Gasteiger partial charge in [0.05, 0.1) is 6.42 Å². The zero-order chi connectivity index (χ0) is 13.7. The number of benzene rings is 1. The summed E-state index contributed by atoms with van der Waals surface area (Å²) in [5.41, 5.74) is 2.60. The van der Waals surface area contributed by atoms with E-state index in [2.05, 4.69) is 5.32 Å². The molecule has 1 rings (SSSR count). The van der Waals surface area contributed by atoms with Crippen LogP contribution in [0.1, 0.15) is 41.3 Å². The summed E-state index contributed by atoms with van der Waals surface area (Å²) in [7, 11) is 0. The van der Waals surface area contributed by atoms with Crippen molar-refractivity contribution in [2.24, 2.45) is 0 Å². The molecule has 0 heterocycles. The van der Waals surface area contributed by atoms with Gasteiger partial charge in [-0.25, -0.2) is 0 Å². The zero-order valence-corrected chi connectivity index (χ0v) is 11.0. The van der Waals surface area contributed by atoms with E-state index in [9.17, 15) is 9.59 Å². The number of aryl methyl sites for hydroxylation is 2. The minimum Gasteiger partial charge on any atom is -0.481 e. The molecule has 4 heteroatoms. The Balaban J connectivity index is 2.77. The third kappa shape index (κ3) is 3.87. The first-order valence-electron chi connectivity index (χ1n) is 6.04. The maximum absolute atomic E-state index is 12.0. The standard InChI is InChI=1S/C14H19NO3/c1-4-11(8-13(16)17)15-14(18)12-6-5-9(2)7-10(12)3/h5-7,11H,4,8H2,1-3H3,(H,15,18)(H,16,17). The minimum atomic E-state index is -0.900. The quantitative estimate of drug-likeness (QED) is 0.841. The molecule has 0 bridgehead atoms. The second kappa shape index (κ2) is 6.19. The number of carboxylic acids is 1. The number of carbonyl (C=O) groups excluding carboxylic acids is 1. The summed E-state index contributed by atoms with van der Waals surface area (Å²) in [6.07, 6.45) is 0.552. The maximum atomic E-state index is 12.0. The first kappa shape index (κ1) is 14.2. The lowest BCUT2D eigenvalue weighted by Crippen LogP contribution is -2.36. The number of carboxylic acid groups (broad SMARTS) is 1. The third-order valence-electron chi connectivity index (χ3n) is 2.88. The second-order valence-corrected chi connectivity index (χ2v) is 4.49. The van der Waals surface area contributed by atoms with Gasteiger partial charge < -0.3 is 10.4 Å². The van der Waals surface area contributed by atoms with E-state index in [0.29, 0.717) is 12.0 Å². The number of nitrogens with one attached hydrogen (secondary N) is 1. The van der Waals surface area contributed by atoms with Gasteiger partial charge in [0.25, 0.3) is 5.91 Å². The fourth-order valence-electron chi connectivity index (χ4n) is 1.84. The van der Waals surface area contributed by atoms with Crippen LogP contribution in [0.2, 0.25) is 0 Å². The van der Waals surface area contributed by atoms with Crippen LogP contribution in [0.3, 0.4) is 0 Å². The predicted molar refractivity (Wildman–Crippen MR) is 69.7 cm³/mol. The van der Waals surface area contributed by atoms with Crippen LogP contribution in [-0.4, -0.2) is 23.0 Å². The Morgan fingerprint density at radius 3 is 2.50 bits per heavy atom. The van der Waals surface area contributed by atoms with Crippen molar-refractivity contribution in [1.29, 1.82) is 0 Å². The summed E-state index contributed by atoms with van der Waals surface area (Å²) in [6, 6.07) is 5.26. The molecule has 0 aliphatic heterocycles. The first-order chi connectivity index (χ1) is 8.43. The number of rotatable bonds is 5. The number of aliphatic carboxylic acids is 1. The molecule has 1 atom stereocenters. The van der Waals surface area contributed by atoms with Crippen molar-refractivity contribution in [2.75, 3.05) is 0 Å². The molecule has 18 heavy (non-hydrogen) atoms.